The molecule has 3 aromatic rings. The number of carbonyl (C=O) groups is 1. The molecule has 2 heterocycles. The number of fused-ring (bicyclic) bond motifs is 1. The van der Waals surface area contributed by atoms with E-state index in [-0.39, 0.29) is 23.1 Å². The maximum Gasteiger partial charge on any atom is 0.239 e. The Labute approximate surface area is 196 Å². The van der Waals surface area contributed by atoms with Gasteiger partial charge >= 0.3 is 0 Å². The number of aromatic nitrogens is 2. The summed E-state index contributed by atoms with van der Waals surface area (Å²) in [7, 11) is 6.98. The summed E-state index contributed by atoms with van der Waals surface area (Å²) in [6, 6.07) is 7.70. The fraction of sp³-hybridized carbons (Fsp3) is 0.348. The molecule has 1 N–H and O–H groups in total. The molecule has 0 saturated carbocycles. The van der Waals surface area contributed by atoms with Gasteiger partial charge in [0.25, 0.3) is 0 Å². The maximum atomic E-state index is 13.5. The number of likely N-dealkylation sites (tertiary alicyclic amines) is 1. The second-order valence-electron chi connectivity index (χ2n) is 8.16. The van der Waals surface area contributed by atoms with Crippen LogP contribution in [0.5, 0.6) is 11.5 Å². The van der Waals surface area contributed by atoms with Gasteiger partial charge in [-0.15, -0.1) is 0 Å². The molecule has 2 aromatic carbocycles. The minimum atomic E-state index is -0.497. The first-order valence-electron chi connectivity index (χ1n) is 10.4. The van der Waals surface area contributed by atoms with E-state index in [1.807, 2.05) is 18.0 Å². The fourth-order valence-corrected chi connectivity index (χ4v) is 4.11. The third-order valence-electron chi connectivity index (χ3n) is 5.63. The van der Waals surface area contributed by atoms with Gasteiger partial charge in [0.2, 0.25) is 5.91 Å². The lowest BCUT2D eigenvalue weighted by Crippen LogP contribution is -2.40. The van der Waals surface area contributed by atoms with Crippen LogP contribution in [0.25, 0.3) is 10.9 Å². The molecule has 1 amide bonds. The fourth-order valence-electron chi connectivity index (χ4n) is 3.93. The number of ether oxygens (including phenoxy) is 2. The Kier molecular flexibility index (Phi) is 6.53. The number of nitrogens with one attached hydrogen (secondary N) is 1. The highest BCUT2D eigenvalue weighted by Crippen LogP contribution is 2.37. The first-order valence-corrected chi connectivity index (χ1v) is 10.8. The van der Waals surface area contributed by atoms with Crippen molar-refractivity contribution in [2.75, 3.05) is 40.1 Å². The largest absolute Gasteiger partial charge is 0.493 e. The zero-order valence-electron chi connectivity index (χ0n) is 18.8. The smallest absolute Gasteiger partial charge is 0.239 e. The Morgan fingerprint density at radius 3 is 2.73 bits per heavy atom. The summed E-state index contributed by atoms with van der Waals surface area (Å²) < 4.78 is 25.3. The Balaban J connectivity index is 1.64. The van der Waals surface area contributed by atoms with Crippen LogP contribution in [0.3, 0.4) is 0 Å². The molecular formula is C23H25ClFN5O3. The zero-order chi connectivity index (χ0) is 23.7. The highest BCUT2D eigenvalue weighted by Gasteiger charge is 2.36. The number of benzene rings is 2. The van der Waals surface area contributed by atoms with E-state index >= 15 is 0 Å². The van der Waals surface area contributed by atoms with E-state index < -0.39 is 5.82 Å². The zero-order valence-corrected chi connectivity index (χ0v) is 19.6. The van der Waals surface area contributed by atoms with Crippen molar-refractivity contribution >= 4 is 39.9 Å². The number of hydrogen-bond donors (Lipinski definition) is 1. The van der Waals surface area contributed by atoms with E-state index in [0.717, 1.165) is 0 Å². The molecule has 0 bridgehead atoms. The lowest BCUT2D eigenvalue weighted by Gasteiger charge is -2.21. The Bertz CT molecular complexity index is 1190. The molecule has 0 aliphatic carbocycles. The lowest BCUT2D eigenvalue weighted by molar-refractivity contribution is -0.133. The summed E-state index contributed by atoms with van der Waals surface area (Å²) in [5, 5.41) is 3.86. The quantitative estimate of drug-likeness (QED) is 0.584. The van der Waals surface area contributed by atoms with Gasteiger partial charge in [-0.25, -0.2) is 14.4 Å². The number of hydrogen-bond acceptors (Lipinski definition) is 7. The number of anilines is 2. The highest BCUT2D eigenvalue weighted by atomic mass is 35.5. The van der Waals surface area contributed by atoms with Crippen LogP contribution in [-0.2, 0) is 4.79 Å². The van der Waals surface area contributed by atoms with E-state index in [4.69, 9.17) is 21.1 Å². The molecule has 1 aliphatic rings. The van der Waals surface area contributed by atoms with Crippen molar-refractivity contribution in [2.24, 2.45) is 0 Å². The maximum absolute atomic E-state index is 13.5. The minimum absolute atomic E-state index is 0.0104. The van der Waals surface area contributed by atoms with Gasteiger partial charge in [0, 0.05) is 44.2 Å². The van der Waals surface area contributed by atoms with Crippen LogP contribution >= 0.6 is 11.6 Å². The predicted octanol–water partition coefficient (Wildman–Crippen LogP) is 3.71. The number of methoxy groups -OCH3 is 1. The van der Waals surface area contributed by atoms with Crippen molar-refractivity contribution in [3.8, 4) is 11.5 Å². The van der Waals surface area contributed by atoms with Gasteiger partial charge in [-0.2, -0.15) is 0 Å². The van der Waals surface area contributed by atoms with Gasteiger partial charge in [-0.3, -0.25) is 9.69 Å². The Hall–Kier alpha value is -3.17. The molecule has 1 saturated heterocycles. The number of halogens is 2. The Morgan fingerprint density at radius 1 is 1.24 bits per heavy atom. The van der Waals surface area contributed by atoms with Gasteiger partial charge < -0.3 is 19.7 Å². The molecule has 0 spiro atoms. The van der Waals surface area contributed by atoms with Crippen LogP contribution in [0.2, 0.25) is 5.02 Å². The monoisotopic (exact) mass is 473 g/mol. The molecule has 0 unspecified atom stereocenters. The van der Waals surface area contributed by atoms with Crippen LogP contribution in [0, 0.1) is 5.82 Å². The molecule has 174 valence electrons. The third kappa shape index (κ3) is 4.79. The number of carbonyl (C=O) groups excluding carboxylic acids is 1. The van der Waals surface area contributed by atoms with Crippen molar-refractivity contribution in [3.63, 3.8) is 0 Å². The number of amides is 1. The minimum Gasteiger partial charge on any atom is -0.493 e. The summed E-state index contributed by atoms with van der Waals surface area (Å²) in [4.78, 5) is 24.7. The third-order valence-corrected chi connectivity index (χ3v) is 5.92. The van der Waals surface area contributed by atoms with Crippen molar-refractivity contribution < 1.29 is 18.7 Å². The molecule has 1 aliphatic heterocycles. The molecule has 4 rings (SSSR count). The standard InChI is InChI=1S/C23H25ClFN5O3/c1-29(2)23(31)19-8-14(11-30(19)3)33-21-9-15-18(10-20(21)32-4)26-12-27-22(15)28-13-5-6-17(25)16(24)7-13/h5-7,9-10,12,14,19H,8,11H2,1-4H3,(H,26,27,28)/t14-,19+/m0/s1. The van der Waals surface area contributed by atoms with Gasteiger partial charge in [-0.1, -0.05) is 11.6 Å². The van der Waals surface area contributed by atoms with Crippen LogP contribution in [0.1, 0.15) is 6.42 Å². The summed E-state index contributed by atoms with van der Waals surface area (Å²) in [6.45, 7) is 0.607. The molecule has 10 heteroatoms. The molecule has 0 radical (unpaired) electrons. The highest BCUT2D eigenvalue weighted by molar-refractivity contribution is 6.31. The first-order chi connectivity index (χ1) is 15.8. The average molecular weight is 474 g/mol. The molecule has 1 fully saturated rings. The second kappa shape index (κ2) is 9.36. The van der Waals surface area contributed by atoms with Crippen LogP contribution in [0.4, 0.5) is 15.9 Å². The Morgan fingerprint density at radius 2 is 2.03 bits per heavy atom. The van der Waals surface area contributed by atoms with Crippen LogP contribution < -0.4 is 14.8 Å². The van der Waals surface area contributed by atoms with Crippen molar-refractivity contribution in [2.45, 2.75) is 18.6 Å². The summed E-state index contributed by atoms with van der Waals surface area (Å²) in [5.41, 5.74) is 1.23. The molecule has 8 nitrogen and oxygen atoms in total. The van der Waals surface area contributed by atoms with E-state index in [1.165, 1.54) is 18.5 Å². The number of nitrogens with zero attached hydrogens (tertiary/aromatic N) is 4. The molecule has 33 heavy (non-hydrogen) atoms. The van der Waals surface area contributed by atoms with Gasteiger partial charge in [0.15, 0.2) is 11.5 Å². The normalized spacial score (nSPS) is 18.4. The van der Waals surface area contributed by atoms with Crippen molar-refractivity contribution in [3.05, 3.63) is 47.5 Å². The van der Waals surface area contributed by atoms with Crippen molar-refractivity contribution in [1.29, 1.82) is 0 Å². The molecule has 2 atom stereocenters. The first kappa shape index (κ1) is 23.0. The van der Waals surface area contributed by atoms with Gasteiger partial charge in [-0.05, 0) is 31.3 Å². The van der Waals surface area contributed by atoms with E-state index in [1.54, 1.807) is 38.2 Å². The average Bonchev–Trinajstić information content (AvgIpc) is 3.15. The molecular weight excluding hydrogens is 449 g/mol. The van der Waals surface area contributed by atoms with Crippen LogP contribution in [-0.4, -0.2) is 72.6 Å². The summed E-state index contributed by atoms with van der Waals surface area (Å²) in [6.07, 6.45) is 1.81. The number of likely N-dealkylation sites (N-methyl/N-ethyl adjacent to an activating group) is 2. The van der Waals surface area contributed by atoms with E-state index in [9.17, 15) is 9.18 Å². The molecule has 1 aromatic heterocycles. The summed E-state index contributed by atoms with van der Waals surface area (Å²) >= 11 is 5.91. The summed E-state index contributed by atoms with van der Waals surface area (Å²) in [5.74, 6) is 1.12. The van der Waals surface area contributed by atoms with Crippen LogP contribution in [0.15, 0.2) is 36.7 Å². The SMILES string of the molecule is COc1cc2ncnc(Nc3ccc(F)c(Cl)c3)c2cc1O[C@H]1C[C@H](C(=O)N(C)C)N(C)C1. The number of rotatable bonds is 6. The van der Waals surface area contributed by atoms with Crippen molar-refractivity contribution in [1.82, 2.24) is 19.8 Å². The van der Waals surface area contributed by atoms with E-state index in [2.05, 4.69) is 15.3 Å². The van der Waals surface area contributed by atoms with Gasteiger partial charge in [0.05, 0.1) is 23.7 Å². The lowest BCUT2D eigenvalue weighted by atomic mass is 10.1. The second-order valence-corrected chi connectivity index (χ2v) is 8.57. The predicted molar refractivity (Wildman–Crippen MR) is 125 cm³/mol. The van der Waals surface area contributed by atoms with Gasteiger partial charge in [0.1, 0.15) is 24.1 Å². The topological polar surface area (TPSA) is 79.8 Å². The van der Waals surface area contributed by atoms with E-state index in [0.29, 0.717) is 46.9 Å².